The van der Waals surface area contributed by atoms with E-state index in [4.69, 9.17) is 5.26 Å². The zero-order valence-electron chi connectivity index (χ0n) is 12.8. The monoisotopic (exact) mass is 277 g/mol. The molecule has 0 radical (unpaired) electrons. The molecule has 0 saturated carbocycles. The molecule has 0 N–H and O–H groups in total. The molecule has 3 atom stereocenters. The van der Waals surface area contributed by atoms with Crippen LogP contribution in [0, 0.1) is 17.2 Å². The van der Waals surface area contributed by atoms with E-state index < -0.39 is 0 Å². The SMILES string of the molecule is CC1CCCC(C)N1C(=O)C1CCCN(CCC#N)C1. The molecule has 0 aromatic carbocycles. The van der Waals surface area contributed by atoms with E-state index in [1.807, 2.05) is 0 Å². The molecule has 2 aliphatic rings. The molecule has 0 bridgehead atoms. The van der Waals surface area contributed by atoms with Crippen molar-refractivity contribution in [2.75, 3.05) is 19.6 Å². The molecular weight excluding hydrogens is 250 g/mol. The van der Waals surface area contributed by atoms with Crippen LogP contribution in [0.3, 0.4) is 0 Å². The van der Waals surface area contributed by atoms with Gasteiger partial charge in [-0.25, -0.2) is 0 Å². The standard InChI is InChI=1S/C16H27N3O/c1-13-6-3-7-14(2)19(13)16(20)15-8-4-10-18(12-15)11-5-9-17/h13-15H,3-8,10-12H2,1-2H3. The summed E-state index contributed by atoms with van der Waals surface area (Å²) in [5.74, 6) is 0.497. The van der Waals surface area contributed by atoms with E-state index in [-0.39, 0.29) is 5.92 Å². The van der Waals surface area contributed by atoms with Gasteiger partial charge in [-0.1, -0.05) is 0 Å². The first kappa shape index (κ1) is 15.3. The van der Waals surface area contributed by atoms with Crippen LogP contribution in [0.25, 0.3) is 0 Å². The fraction of sp³-hybridized carbons (Fsp3) is 0.875. The number of piperidine rings is 2. The van der Waals surface area contributed by atoms with Crippen LogP contribution in [-0.2, 0) is 4.79 Å². The van der Waals surface area contributed by atoms with Crippen molar-refractivity contribution in [2.45, 2.75) is 64.5 Å². The van der Waals surface area contributed by atoms with Gasteiger partial charge in [-0.2, -0.15) is 5.26 Å². The predicted molar refractivity (Wildman–Crippen MR) is 79.0 cm³/mol. The van der Waals surface area contributed by atoms with E-state index in [1.54, 1.807) is 0 Å². The van der Waals surface area contributed by atoms with Crippen molar-refractivity contribution in [3.05, 3.63) is 0 Å². The minimum Gasteiger partial charge on any atom is -0.337 e. The highest BCUT2D eigenvalue weighted by molar-refractivity contribution is 5.80. The first-order valence-corrected chi connectivity index (χ1v) is 8.05. The topological polar surface area (TPSA) is 47.3 Å². The number of nitriles is 1. The summed E-state index contributed by atoms with van der Waals surface area (Å²) in [7, 11) is 0. The van der Waals surface area contributed by atoms with Crippen molar-refractivity contribution >= 4 is 5.91 Å². The molecule has 4 heteroatoms. The van der Waals surface area contributed by atoms with Crippen LogP contribution in [-0.4, -0.2) is 47.4 Å². The minimum atomic E-state index is 0.144. The lowest BCUT2D eigenvalue weighted by Crippen LogP contribution is -2.52. The number of carbonyl (C=O) groups is 1. The summed E-state index contributed by atoms with van der Waals surface area (Å²) in [6.45, 7) is 7.06. The average molecular weight is 277 g/mol. The Morgan fingerprint density at radius 3 is 2.55 bits per heavy atom. The van der Waals surface area contributed by atoms with E-state index in [1.165, 1.54) is 6.42 Å². The molecule has 0 spiro atoms. The van der Waals surface area contributed by atoms with Crippen LogP contribution in [0.15, 0.2) is 0 Å². The number of rotatable bonds is 3. The molecule has 2 rings (SSSR count). The Hall–Kier alpha value is -1.08. The summed E-state index contributed by atoms with van der Waals surface area (Å²) in [6.07, 6.45) is 6.18. The number of nitrogens with zero attached hydrogens (tertiary/aromatic N) is 3. The Kier molecular flexibility index (Phi) is 5.42. The Labute approximate surface area is 122 Å². The van der Waals surface area contributed by atoms with Gasteiger partial charge in [0, 0.05) is 31.6 Å². The molecule has 2 saturated heterocycles. The smallest absolute Gasteiger partial charge is 0.227 e. The van der Waals surface area contributed by atoms with Gasteiger partial charge >= 0.3 is 0 Å². The molecule has 3 unspecified atom stereocenters. The lowest BCUT2D eigenvalue weighted by atomic mass is 9.91. The second-order valence-electron chi connectivity index (χ2n) is 6.42. The Balaban J connectivity index is 1.95. The van der Waals surface area contributed by atoms with Crippen molar-refractivity contribution in [2.24, 2.45) is 5.92 Å². The summed E-state index contributed by atoms with van der Waals surface area (Å²) < 4.78 is 0. The normalized spacial score (nSPS) is 31.9. The van der Waals surface area contributed by atoms with Crippen molar-refractivity contribution in [3.63, 3.8) is 0 Å². The average Bonchev–Trinajstić information content (AvgIpc) is 2.45. The van der Waals surface area contributed by atoms with E-state index in [2.05, 4.69) is 29.7 Å². The lowest BCUT2D eigenvalue weighted by molar-refractivity contribution is -0.143. The fourth-order valence-corrected chi connectivity index (χ4v) is 3.73. The molecule has 20 heavy (non-hydrogen) atoms. The van der Waals surface area contributed by atoms with E-state index in [9.17, 15) is 4.79 Å². The van der Waals surface area contributed by atoms with Gasteiger partial charge in [-0.15, -0.1) is 0 Å². The van der Waals surface area contributed by atoms with Gasteiger partial charge in [0.15, 0.2) is 0 Å². The third-order valence-corrected chi connectivity index (χ3v) is 4.84. The van der Waals surface area contributed by atoms with Gasteiger partial charge in [-0.3, -0.25) is 4.79 Å². The molecule has 2 aliphatic heterocycles. The zero-order chi connectivity index (χ0) is 14.5. The molecule has 4 nitrogen and oxygen atoms in total. The molecule has 2 fully saturated rings. The van der Waals surface area contributed by atoms with E-state index in [0.29, 0.717) is 24.4 Å². The van der Waals surface area contributed by atoms with Crippen molar-refractivity contribution in [3.8, 4) is 6.07 Å². The van der Waals surface area contributed by atoms with Crippen LogP contribution < -0.4 is 0 Å². The Bertz CT molecular complexity index is 366. The van der Waals surface area contributed by atoms with Crippen LogP contribution in [0.4, 0.5) is 0 Å². The summed E-state index contributed by atoms with van der Waals surface area (Å²) in [4.78, 5) is 17.3. The minimum absolute atomic E-state index is 0.144. The molecule has 0 aromatic heterocycles. The molecule has 0 aromatic rings. The molecular formula is C16H27N3O. The van der Waals surface area contributed by atoms with Crippen molar-refractivity contribution < 1.29 is 4.79 Å². The summed E-state index contributed by atoms with van der Waals surface area (Å²) >= 11 is 0. The highest BCUT2D eigenvalue weighted by atomic mass is 16.2. The van der Waals surface area contributed by atoms with Gasteiger partial charge in [-0.05, 0) is 52.5 Å². The first-order valence-electron chi connectivity index (χ1n) is 8.05. The highest BCUT2D eigenvalue weighted by Gasteiger charge is 2.35. The zero-order valence-corrected chi connectivity index (χ0v) is 12.8. The van der Waals surface area contributed by atoms with Crippen LogP contribution >= 0.6 is 0 Å². The van der Waals surface area contributed by atoms with Crippen LogP contribution in [0.2, 0.25) is 0 Å². The molecule has 112 valence electrons. The molecule has 2 heterocycles. The number of likely N-dealkylation sites (tertiary alicyclic amines) is 2. The summed E-state index contributed by atoms with van der Waals surface area (Å²) in [5, 5.41) is 8.69. The first-order chi connectivity index (χ1) is 9.63. The van der Waals surface area contributed by atoms with Crippen molar-refractivity contribution in [1.82, 2.24) is 9.80 Å². The maximum absolute atomic E-state index is 12.8. The van der Waals surface area contributed by atoms with Gasteiger partial charge < -0.3 is 9.80 Å². The highest BCUT2D eigenvalue weighted by Crippen LogP contribution is 2.27. The molecule has 0 aliphatic carbocycles. The second-order valence-corrected chi connectivity index (χ2v) is 6.42. The number of amides is 1. The van der Waals surface area contributed by atoms with Gasteiger partial charge in [0.25, 0.3) is 0 Å². The summed E-state index contributed by atoms with van der Waals surface area (Å²) in [5.41, 5.74) is 0. The Morgan fingerprint density at radius 2 is 1.90 bits per heavy atom. The Morgan fingerprint density at radius 1 is 1.20 bits per heavy atom. The number of hydrogen-bond acceptors (Lipinski definition) is 3. The van der Waals surface area contributed by atoms with Crippen molar-refractivity contribution in [1.29, 1.82) is 5.26 Å². The van der Waals surface area contributed by atoms with Gasteiger partial charge in [0.05, 0.1) is 12.0 Å². The van der Waals surface area contributed by atoms with Crippen LogP contribution in [0.1, 0.15) is 52.4 Å². The van der Waals surface area contributed by atoms with Crippen LogP contribution in [0.5, 0.6) is 0 Å². The quantitative estimate of drug-likeness (QED) is 0.796. The second kappa shape index (κ2) is 7.08. The van der Waals surface area contributed by atoms with E-state index >= 15 is 0 Å². The molecule has 1 amide bonds. The lowest BCUT2D eigenvalue weighted by Gasteiger charge is -2.42. The predicted octanol–water partition coefficient (Wildman–Crippen LogP) is 2.40. The third-order valence-electron chi connectivity index (χ3n) is 4.84. The maximum Gasteiger partial charge on any atom is 0.227 e. The number of hydrogen-bond donors (Lipinski definition) is 0. The number of carbonyl (C=O) groups excluding carboxylic acids is 1. The van der Waals surface area contributed by atoms with E-state index in [0.717, 1.165) is 45.3 Å². The van der Waals surface area contributed by atoms with Gasteiger partial charge in [0.2, 0.25) is 5.91 Å². The maximum atomic E-state index is 12.8. The summed E-state index contributed by atoms with van der Waals surface area (Å²) in [6, 6.07) is 2.98. The largest absolute Gasteiger partial charge is 0.337 e. The third kappa shape index (κ3) is 3.52. The van der Waals surface area contributed by atoms with Gasteiger partial charge in [0.1, 0.15) is 0 Å². The fourth-order valence-electron chi connectivity index (χ4n) is 3.73.